The van der Waals surface area contributed by atoms with Crippen molar-refractivity contribution >= 4 is 17.5 Å². The Hall–Kier alpha value is -1.84. The summed E-state index contributed by atoms with van der Waals surface area (Å²) in [6.45, 7) is 3.66. The van der Waals surface area contributed by atoms with Crippen LogP contribution in [-0.2, 0) is 15.0 Å². The second kappa shape index (κ2) is 3.33. The van der Waals surface area contributed by atoms with Crippen LogP contribution in [0.15, 0.2) is 24.3 Å². The highest BCUT2D eigenvalue weighted by molar-refractivity contribution is 6.10. The first-order chi connectivity index (χ1) is 7.44. The maximum Gasteiger partial charge on any atom is 0.237 e. The topological polar surface area (TPSA) is 63.4 Å². The van der Waals surface area contributed by atoms with E-state index in [1.54, 1.807) is 0 Å². The molecule has 0 saturated carbocycles. The number of para-hydroxylation sites is 1. The fraction of sp³-hybridized carbons (Fsp3) is 0.333. The minimum absolute atomic E-state index is 0.0563. The van der Waals surface area contributed by atoms with Crippen molar-refractivity contribution in [3.05, 3.63) is 29.8 Å². The Labute approximate surface area is 94.0 Å². The molecule has 4 nitrogen and oxygen atoms in total. The molecule has 0 radical (unpaired) electrons. The van der Waals surface area contributed by atoms with Gasteiger partial charge in [0.25, 0.3) is 0 Å². The average molecular weight is 218 g/mol. The van der Waals surface area contributed by atoms with Crippen molar-refractivity contribution in [1.82, 2.24) is 0 Å². The quantitative estimate of drug-likeness (QED) is 0.797. The molecule has 0 atom stereocenters. The van der Waals surface area contributed by atoms with Crippen LogP contribution in [0.2, 0.25) is 0 Å². The van der Waals surface area contributed by atoms with E-state index < -0.39 is 11.3 Å². The van der Waals surface area contributed by atoms with E-state index in [1.165, 1.54) is 4.90 Å². The molecule has 0 bridgehead atoms. The van der Waals surface area contributed by atoms with Gasteiger partial charge in [0.1, 0.15) is 6.54 Å². The summed E-state index contributed by atoms with van der Waals surface area (Å²) in [5, 5.41) is 0. The third-order valence-electron chi connectivity index (χ3n) is 2.96. The largest absolute Gasteiger partial charge is 0.368 e. The third kappa shape index (κ3) is 1.38. The summed E-state index contributed by atoms with van der Waals surface area (Å²) in [6, 6.07) is 7.49. The SMILES string of the molecule is CC1(C)C(=O)N(CC(N)=O)c2ccccc21. The van der Waals surface area contributed by atoms with Gasteiger partial charge in [-0.2, -0.15) is 0 Å². The lowest BCUT2D eigenvalue weighted by Gasteiger charge is -2.18. The molecule has 1 aliphatic heterocycles. The van der Waals surface area contributed by atoms with Crippen LogP contribution in [0.1, 0.15) is 19.4 Å². The molecule has 16 heavy (non-hydrogen) atoms. The lowest BCUT2D eigenvalue weighted by molar-refractivity contribution is -0.124. The van der Waals surface area contributed by atoms with E-state index in [4.69, 9.17) is 5.73 Å². The highest BCUT2D eigenvalue weighted by Crippen LogP contribution is 2.40. The molecule has 2 rings (SSSR count). The van der Waals surface area contributed by atoms with Crippen molar-refractivity contribution in [3.63, 3.8) is 0 Å². The second-order valence-corrected chi connectivity index (χ2v) is 4.50. The number of fused-ring (bicyclic) bond motifs is 1. The van der Waals surface area contributed by atoms with Gasteiger partial charge in [-0.25, -0.2) is 0 Å². The van der Waals surface area contributed by atoms with Crippen molar-refractivity contribution in [2.24, 2.45) is 5.73 Å². The number of nitrogens with two attached hydrogens (primary N) is 1. The zero-order valence-corrected chi connectivity index (χ0v) is 9.36. The zero-order chi connectivity index (χ0) is 11.9. The smallest absolute Gasteiger partial charge is 0.237 e. The lowest BCUT2D eigenvalue weighted by atomic mass is 9.86. The van der Waals surface area contributed by atoms with Gasteiger partial charge < -0.3 is 10.6 Å². The predicted molar refractivity (Wildman–Crippen MR) is 61.0 cm³/mol. The van der Waals surface area contributed by atoms with Crippen LogP contribution in [0.5, 0.6) is 0 Å². The monoisotopic (exact) mass is 218 g/mol. The molecule has 0 fully saturated rings. The lowest BCUT2D eigenvalue weighted by Crippen LogP contribution is -2.41. The number of hydrogen-bond acceptors (Lipinski definition) is 2. The third-order valence-corrected chi connectivity index (χ3v) is 2.96. The fourth-order valence-corrected chi connectivity index (χ4v) is 2.11. The number of hydrogen-bond donors (Lipinski definition) is 1. The van der Waals surface area contributed by atoms with Crippen LogP contribution >= 0.6 is 0 Å². The van der Waals surface area contributed by atoms with Gasteiger partial charge in [-0.3, -0.25) is 9.59 Å². The van der Waals surface area contributed by atoms with Crippen molar-refractivity contribution in [2.45, 2.75) is 19.3 Å². The first-order valence-electron chi connectivity index (χ1n) is 5.14. The molecule has 1 aromatic rings. The van der Waals surface area contributed by atoms with Gasteiger partial charge in [0.05, 0.1) is 5.41 Å². The van der Waals surface area contributed by atoms with Crippen molar-refractivity contribution in [1.29, 1.82) is 0 Å². The highest BCUT2D eigenvalue weighted by atomic mass is 16.2. The Morgan fingerprint density at radius 3 is 2.62 bits per heavy atom. The summed E-state index contributed by atoms with van der Waals surface area (Å²) in [6.07, 6.45) is 0. The van der Waals surface area contributed by atoms with Crippen molar-refractivity contribution in [2.75, 3.05) is 11.4 Å². The van der Waals surface area contributed by atoms with Gasteiger partial charge in [0.2, 0.25) is 11.8 Å². The Balaban J connectivity index is 2.51. The number of carbonyl (C=O) groups excluding carboxylic acids is 2. The Kier molecular flexibility index (Phi) is 2.22. The second-order valence-electron chi connectivity index (χ2n) is 4.50. The molecular formula is C12H14N2O2. The molecule has 0 aliphatic carbocycles. The number of benzene rings is 1. The number of amides is 2. The van der Waals surface area contributed by atoms with Crippen LogP contribution in [0, 0.1) is 0 Å². The fourth-order valence-electron chi connectivity index (χ4n) is 2.11. The van der Waals surface area contributed by atoms with E-state index in [0.717, 1.165) is 11.3 Å². The van der Waals surface area contributed by atoms with E-state index in [0.29, 0.717) is 0 Å². The standard InChI is InChI=1S/C12H14N2O2/c1-12(2)8-5-3-4-6-9(8)14(11(12)16)7-10(13)15/h3-6H,7H2,1-2H3,(H2,13,15). The van der Waals surface area contributed by atoms with Crippen LogP contribution in [-0.4, -0.2) is 18.4 Å². The molecule has 0 spiro atoms. The first-order valence-corrected chi connectivity index (χ1v) is 5.14. The van der Waals surface area contributed by atoms with Gasteiger partial charge >= 0.3 is 0 Å². The molecule has 1 heterocycles. The summed E-state index contributed by atoms with van der Waals surface area (Å²) in [5.41, 5.74) is 6.30. The van der Waals surface area contributed by atoms with Gasteiger partial charge in [-0.05, 0) is 25.5 Å². The maximum atomic E-state index is 12.1. The average Bonchev–Trinajstić information content (AvgIpc) is 2.41. The zero-order valence-electron chi connectivity index (χ0n) is 9.36. The van der Waals surface area contributed by atoms with Gasteiger partial charge in [0, 0.05) is 5.69 Å². The van der Waals surface area contributed by atoms with E-state index >= 15 is 0 Å². The van der Waals surface area contributed by atoms with Crippen molar-refractivity contribution < 1.29 is 9.59 Å². The number of carbonyl (C=O) groups is 2. The number of nitrogens with zero attached hydrogens (tertiary/aromatic N) is 1. The van der Waals surface area contributed by atoms with E-state index in [2.05, 4.69) is 0 Å². The molecule has 0 saturated heterocycles. The highest BCUT2D eigenvalue weighted by Gasteiger charge is 2.43. The summed E-state index contributed by atoms with van der Waals surface area (Å²) >= 11 is 0. The molecule has 2 amide bonds. The summed E-state index contributed by atoms with van der Waals surface area (Å²) in [7, 11) is 0. The summed E-state index contributed by atoms with van der Waals surface area (Å²) in [5.74, 6) is -0.576. The molecule has 0 unspecified atom stereocenters. The van der Waals surface area contributed by atoms with Crippen LogP contribution in [0.4, 0.5) is 5.69 Å². The Bertz CT molecular complexity index is 466. The summed E-state index contributed by atoms with van der Waals surface area (Å²) in [4.78, 5) is 24.5. The predicted octanol–water partition coefficient (Wildman–Crippen LogP) is 0.796. The number of primary amides is 1. The number of anilines is 1. The van der Waals surface area contributed by atoms with Gasteiger partial charge in [-0.15, -0.1) is 0 Å². The molecular weight excluding hydrogens is 204 g/mol. The molecule has 2 N–H and O–H groups in total. The van der Waals surface area contributed by atoms with E-state index in [-0.39, 0.29) is 12.5 Å². The van der Waals surface area contributed by atoms with E-state index in [9.17, 15) is 9.59 Å². The molecule has 4 heteroatoms. The summed E-state index contributed by atoms with van der Waals surface area (Å²) < 4.78 is 0. The molecule has 1 aliphatic rings. The van der Waals surface area contributed by atoms with Gasteiger partial charge in [0.15, 0.2) is 0 Å². The van der Waals surface area contributed by atoms with Crippen LogP contribution in [0.25, 0.3) is 0 Å². The molecule has 1 aromatic carbocycles. The number of rotatable bonds is 2. The maximum absolute atomic E-state index is 12.1. The Morgan fingerprint density at radius 1 is 1.38 bits per heavy atom. The van der Waals surface area contributed by atoms with Crippen LogP contribution in [0.3, 0.4) is 0 Å². The van der Waals surface area contributed by atoms with Crippen LogP contribution < -0.4 is 10.6 Å². The normalized spacial score (nSPS) is 17.4. The van der Waals surface area contributed by atoms with Crippen molar-refractivity contribution in [3.8, 4) is 0 Å². The van der Waals surface area contributed by atoms with Gasteiger partial charge in [-0.1, -0.05) is 18.2 Å². The first kappa shape index (κ1) is 10.7. The minimum Gasteiger partial charge on any atom is -0.368 e. The minimum atomic E-state index is -0.577. The Morgan fingerprint density at radius 2 is 2.00 bits per heavy atom. The molecule has 0 aromatic heterocycles. The molecule has 84 valence electrons. The van der Waals surface area contributed by atoms with E-state index in [1.807, 2.05) is 38.1 Å².